The summed E-state index contributed by atoms with van der Waals surface area (Å²) in [5.74, 6) is -0.234. The molecule has 1 aromatic carbocycles. The average molecular weight is 359 g/mol. The predicted octanol–water partition coefficient (Wildman–Crippen LogP) is 1.22. The number of amides is 2. The van der Waals surface area contributed by atoms with Gasteiger partial charge in [0.2, 0.25) is 5.91 Å². The lowest BCUT2D eigenvalue weighted by molar-refractivity contribution is -0.116. The van der Waals surface area contributed by atoms with Gasteiger partial charge in [0, 0.05) is 29.6 Å². The minimum absolute atomic E-state index is 0.119. The van der Waals surface area contributed by atoms with Crippen molar-refractivity contribution in [3.8, 4) is 11.5 Å². The first kappa shape index (κ1) is 19.0. The van der Waals surface area contributed by atoms with E-state index < -0.39 is 17.4 Å². The van der Waals surface area contributed by atoms with E-state index in [2.05, 4.69) is 5.32 Å². The number of nitrogens with zero attached hydrogens (tertiary/aromatic N) is 1. The summed E-state index contributed by atoms with van der Waals surface area (Å²) < 4.78 is 11.5. The van der Waals surface area contributed by atoms with Gasteiger partial charge in [-0.3, -0.25) is 14.4 Å². The van der Waals surface area contributed by atoms with Crippen LogP contribution in [-0.2, 0) is 11.3 Å². The van der Waals surface area contributed by atoms with Crippen molar-refractivity contribution in [3.63, 3.8) is 0 Å². The molecule has 8 nitrogen and oxygen atoms in total. The van der Waals surface area contributed by atoms with Crippen LogP contribution >= 0.6 is 0 Å². The fourth-order valence-corrected chi connectivity index (χ4v) is 2.65. The van der Waals surface area contributed by atoms with Crippen molar-refractivity contribution in [2.45, 2.75) is 20.4 Å². The minimum atomic E-state index is -0.820. The maximum Gasteiger partial charge on any atom is 0.264 e. The number of carbonyl (C=O) groups excluding carboxylic acids is 2. The van der Waals surface area contributed by atoms with Crippen LogP contribution in [0.25, 0.3) is 0 Å². The summed E-state index contributed by atoms with van der Waals surface area (Å²) in [6.45, 7) is 3.05. The molecular formula is C18H21N3O5. The predicted molar refractivity (Wildman–Crippen MR) is 96.9 cm³/mol. The van der Waals surface area contributed by atoms with Gasteiger partial charge in [-0.05, 0) is 25.5 Å². The Morgan fingerprint density at radius 3 is 2.15 bits per heavy atom. The second kappa shape index (κ2) is 7.73. The number of nitrogens with two attached hydrogens (primary N) is 1. The van der Waals surface area contributed by atoms with Crippen molar-refractivity contribution >= 4 is 17.5 Å². The molecule has 8 heteroatoms. The largest absolute Gasteiger partial charge is 0.497 e. The van der Waals surface area contributed by atoms with Gasteiger partial charge in [0.1, 0.15) is 23.6 Å². The van der Waals surface area contributed by atoms with Gasteiger partial charge in [0.15, 0.2) is 0 Å². The van der Waals surface area contributed by atoms with E-state index in [1.165, 1.54) is 18.8 Å². The third-order valence-electron chi connectivity index (χ3n) is 3.89. The molecule has 26 heavy (non-hydrogen) atoms. The minimum Gasteiger partial charge on any atom is -0.497 e. The molecule has 1 heterocycles. The molecule has 0 aliphatic heterocycles. The van der Waals surface area contributed by atoms with Crippen LogP contribution < -0.4 is 26.1 Å². The second-order valence-corrected chi connectivity index (χ2v) is 5.75. The Bertz CT molecular complexity index is 896. The summed E-state index contributed by atoms with van der Waals surface area (Å²) in [5, 5.41) is 2.68. The number of primary amides is 1. The van der Waals surface area contributed by atoms with Crippen LogP contribution in [0.15, 0.2) is 29.1 Å². The van der Waals surface area contributed by atoms with E-state index in [9.17, 15) is 14.4 Å². The molecule has 0 aliphatic rings. The Balaban J connectivity index is 2.30. The van der Waals surface area contributed by atoms with E-state index in [1.807, 2.05) is 0 Å². The van der Waals surface area contributed by atoms with Crippen molar-refractivity contribution in [1.29, 1.82) is 0 Å². The summed E-state index contributed by atoms with van der Waals surface area (Å²) in [6, 6.07) is 6.56. The summed E-state index contributed by atoms with van der Waals surface area (Å²) in [6.07, 6.45) is 0. The first-order valence-corrected chi connectivity index (χ1v) is 7.80. The number of carbonyl (C=O) groups is 2. The van der Waals surface area contributed by atoms with Gasteiger partial charge in [-0.1, -0.05) is 0 Å². The number of hydrogen-bond donors (Lipinski definition) is 2. The topological polar surface area (TPSA) is 113 Å². The first-order valence-electron chi connectivity index (χ1n) is 7.80. The second-order valence-electron chi connectivity index (χ2n) is 5.75. The van der Waals surface area contributed by atoms with Crippen LogP contribution in [-0.4, -0.2) is 30.6 Å². The number of aryl methyl sites for hydroxylation is 2. The molecule has 3 N–H and O–H groups in total. The Kier molecular flexibility index (Phi) is 5.66. The molecule has 0 saturated carbocycles. The van der Waals surface area contributed by atoms with Gasteiger partial charge in [-0.25, -0.2) is 0 Å². The standard InChI is InChI=1S/C18H21N3O5/c1-10-5-11(2)21(18(24)16(10)17(19)23)9-15(22)20-12-6-13(25-3)8-14(7-12)26-4/h5-8H,9H2,1-4H3,(H2,19,23)(H,20,22). The van der Waals surface area contributed by atoms with Gasteiger partial charge in [0.05, 0.1) is 14.2 Å². The zero-order valence-corrected chi connectivity index (χ0v) is 15.1. The van der Waals surface area contributed by atoms with Crippen molar-refractivity contribution in [2.75, 3.05) is 19.5 Å². The summed E-state index contributed by atoms with van der Waals surface area (Å²) in [5.41, 5.74) is 6.05. The molecule has 0 unspecified atom stereocenters. The Hall–Kier alpha value is -3.29. The highest BCUT2D eigenvalue weighted by Gasteiger charge is 2.17. The maximum atomic E-state index is 12.5. The number of pyridine rings is 1. The maximum absolute atomic E-state index is 12.5. The molecule has 0 saturated heterocycles. The smallest absolute Gasteiger partial charge is 0.264 e. The third kappa shape index (κ3) is 4.02. The van der Waals surface area contributed by atoms with Crippen LogP contribution in [0.5, 0.6) is 11.5 Å². The Morgan fingerprint density at radius 2 is 1.65 bits per heavy atom. The lowest BCUT2D eigenvalue weighted by atomic mass is 10.1. The molecule has 138 valence electrons. The molecule has 2 amide bonds. The van der Waals surface area contributed by atoms with E-state index in [1.54, 1.807) is 38.1 Å². The molecule has 0 spiro atoms. The molecular weight excluding hydrogens is 338 g/mol. The molecule has 2 aromatic rings. The average Bonchev–Trinajstić information content (AvgIpc) is 2.57. The molecule has 2 rings (SSSR count). The summed E-state index contributed by atoms with van der Waals surface area (Å²) in [7, 11) is 3.00. The van der Waals surface area contributed by atoms with Gasteiger partial charge in [0.25, 0.3) is 11.5 Å². The van der Waals surface area contributed by atoms with E-state index in [4.69, 9.17) is 15.2 Å². The van der Waals surface area contributed by atoms with Crippen LogP contribution in [0.4, 0.5) is 5.69 Å². The zero-order chi connectivity index (χ0) is 19.4. The van der Waals surface area contributed by atoms with Crippen LogP contribution in [0, 0.1) is 13.8 Å². The Labute approximate surface area is 150 Å². The third-order valence-corrected chi connectivity index (χ3v) is 3.89. The summed E-state index contributed by atoms with van der Waals surface area (Å²) in [4.78, 5) is 36.4. The van der Waals surface area contributed by atoms with E-state index >= 15 is 0 Å². The van der Waals surface area contributed by atoms with E-state index in [0.717, 1.165) is 0 Å². The Morgan fingerprint density at radius 1 is 1.08 bits per heavy atom. The number of methoxy groups -OCH3 is 2. The van der Waals surface area contributed by atoms with Gasteiger partial charge >= 0.3 is 0 Å². The van der Waals surface area contributed by atoms with Crippen LogP contribution in [0.1, 0.15) is 21.6 Å². The fraction of sp³-hybridized carbons (Fsp3) is 0.278. The lowest BCUT2D eigenvalue weighted by Crippen LogP contribution is -2.35. The van der Waals surface area contributed by atoms with Gasteiger partial charge in [-0.2, -0.15) is 0 Å². The molecule has 1 aromatic heterocycles. The molecule has 0 atom stereocenters. The molecule has 0 fully saturated rings. The normalized spacial score (nSPS) is 10.3. The monoisotopic (exact) mass is 359 g/mol. The number of aromatic nitrogens is 1. The van der Waals surface area contributed by atoms with Crippen molar-refractivity contribution < 1.29 is 19.1 Å². The zero-order valence-electron chi connectivity index (χ0n) is 15.1. The van der Waals surface area contributed by atoms with Crippen molar-refractivity contribution in [3.05, 3.63) is 51.4 Å². The number of rotatable bonds is 6. The summed E-state index contributed by atoms with van der Waals surface area (Å²) >= 11 is 0. The highest BCUT2D eigenvalue weighted by atomic mass is 16.5. The van der Waals surface area contributed by atoms with Crippen molar-refractivity contribution in [1.82, 2.24) is 4.57 Å². The number of benzene rings is 1. The quantitative estimate of drug-likeness (QED) is 0.805. The van der Waals surface area contributed by atoms with Gasteiger partial charge < -0.3 is 25.1 Å². The van der Waals surface area contributed by atoms with Crippen molar-refractivity contribution in [2.24, 2.45) is 5.73 Å². The fourth-order valence-electron chi connectivity index (χ4n) is 2.65. The first-order chi connectivity index (χ1) is 12.3. The van der Waals surface area contributed by atoms with Crippen LogP contribution in [0.3, 0.4) is 0 Å². The molecule has 0 aliphatic carbocycles. The molecule has 0 bridgehead atoms. The van der Waals surface area contributed by atoms with Gasteiger partial charge in [-0.15, -0.1) is 0 Å². The number of anilines is 1. The molecule has 0 radical (unpaired) electrons. The highest BCUT2D eigenvalue weighted by molar-refractivity contribution is 5.94. The number of nitrogens with one attached hydrogen (secondary N) is 1. The lowest BCUT2D eigenvalue weighted by Gasteiger charge is -2.14. The number of hydrogen-bond acceptors (Lipinski definition) is 5. The van der Waals surface area contributed by atoms with E-state index in [-0.39, 0.29) is 12.1 Å². The SMILES string of the molecule is COc1cc(NC(=O)Cn2c(C)cc(C)c(C(N)=O)c2=O)cc(OC)c1. The number of ether oxygens (including phenoxy) is 2. The highest BCUT2D eigenvalue weighted by Crippen LogP contribution is 2.25. The van der Waals surface area contributed by atoms with E-state index in [0.29, 0.717) is 28.4 Å². The van der Waals surface area contributed by atoms with Crippen LogP contribution in [0.2, 0.25) is 0 Å².